The van der Waals surface area contributed by atoms with Gasteiger partial charge in [-0.15, -0.1) is 0 Å². The Morgan fingerprint density at radius 1 is 1.08 bits per heavy atom. The van der Waals surface area contributed by atoms with Gasteiger partial charge in [-0.25, -0.2) is 0 Å². The molecule has 0 saturated heterocycles. The van der Waals surface area contributed by atoms with Crippen molar-refractivity contribution in [2.24, 2.45) is 22.2 Å². The van der Waals surface area contributed by atoms with Gasteiger partial charge in [0.25, 0.3) is 0 Å². The molecule has 1 saturated carbocycles. The number of hydrogen-bond donors (Lipinski definition) is 0. The second-order valence-electron chi connectivity index (χ2n) is 10.1. The van der Waals surface area contributed by atoms with E-state index >= 15 is 0 Å². The van der Waals surface area contributed by atoms with Gasteiger partial charge in [0.05, 0.1) is 0 Å². The highest BCUT2D eigenvalue weighted by atomic mass is 16.7. The summed E-state index contributed by atoms with van der Waals surface area (Å²) in [5.74, 6) is 0.575. The molecule has 0 aliphatic heterocycles. The summed E-state index contributed by atoms with van der Waals surface area (Å²) in [5.41, 5.74) is 2.00. The third kappa shape index (κ3) is 5.09. The third-order valence-electron chi connectivity index (χ3n) is 6.00. The van der Waals surface area contributed by atoms with E-state index in [1.54, 1.807) is 7.11 Å². The van der Waals surface area contributed by atoms with E-state index in [4.69, 9.17) is 4.84 Å². The molecule has 140 valence electrons. The minimum atomic E-state index is 0.110. The third-order valence-corrected chi connectivity index (χ3v) is 6.00. The molecule has 0 aromatic carbocycles. The number of hydrogen-bond acceptors (Lipinski definition) is 1. The summed E-state index contributed by atoms with van der Waals surface area (Å²) in [4.78, 5) is 5.80. The lowest BCUT2D eigenvalue weighted by Gasteiger charge is -2.42. The molecule has 2 aliphatic carbocycles. The van der Waals surface area contributed by atoms with Crippen molar-refractivity contribution in [3.63, 3.8) is 0 Å². The summed E-state index contributed by atoms with van der Waals surface area (Å²) in [6.45, 7) is 16.4. The van der Waals surface area contributed by atoms with E-state index in [0.717, 1.165) is 12.8 Å². The summed E-state index contributed by atoms with van der Waals surface area (Å²) in [7, 11) is 1.79. The van der Waals surface area contributed by atoms with Crippen LogP contribution in [-0.4, -0.2) is 24.1 Å². The molecule has 2 aliphatic rings. The second kappa shape index (κ2) is 7.13. The van der Waals surface area contributed by atoms with E-state index in [-0.39, 0.29) is 5.41 Å². The van der Waals surface area contributed by atoms with Gasteiger partial charge in [-0.2, -0.15) is 0 Å². The molecule has 0 amide bonds. The summed E-state index contributed by atoms with van der Waals surface area (Å²) in [5, 5.41) is 0. The standard InChI is InChI=1S/C23H38NO/c1-18(2)23(7)12-9-10-19(11-13-23)16-24(25-8)20-14-21(3,4)17-22(5,6)15-20/h9-13,16,18,20H,14-15,17H2,1-8H3/q+1. The molecule has 2 rings (SSSR count). The molecule has 0 aromatic heterocycles. The number of nitrogens with zero attached hydrogens (tertiary/aromatic N) is 1. The highest BCUT2D eigenvalue weighted by molar-refractivity contribution is 5.79. The molecule has 0 N–H and O–H groups in total. The van der Waals surface area contributed by atoms with Crippen LogP contribution in [0.5, 0.6) is 0 Å². The molecular weight excluding hydrogens is 306 g/mol. The second-order valence-corrected chi connectivity index (χ2v) is 10.1. The normalized spacial score (nSPS) is 29.5. The zero-order chi connectivity index (χ0) is 18.9. The van der Waals surface area contributed by atoms with E-state index in [2.05, 4.69) is 89.8 Å². The molecule has 2 nitrogen and oxygen atoms in total. The molecule has 25 heavy (non-hydrogen) atoms. The minimum Gasteiger partial charge on any atom is -0.280 e. The Kier molecular flexibility index (Phi) is 5.71. The van der Waals surface area contributed by atoms with E-state index in [1.807, 2.05) is 0 Å². The van der Waals surface area contributed by atoms with Crippen molar-refractivity contribution in [3.8, 4) is 0 Å². The van der Waals surface area contributed by atoms with Crippen LogP contribution in [0.2, 0.25) is 0 Å². The van der Waals surface area contributed by atoms with Crippen LogP contribution in [0.4, 0.5) is 0 Å². The largest absolute Gasteiger partial charge is 0.280 e. The van der Waals surface area contributed by atoms with Gasteiger partial charge in [0, 0.05) is 23.8 Å². The average molecular weight is 345 g/mol. The van der Waals surface area contributed by atoms with Gasteiger partial charge < -0.3 is 0 Å². The maximum atomic E-state index is 5.80. The van der Waals surface area contributed by atoms with Gasteiger partial charge in [0.15, 0.2) is 0 Å². The first kappa shape index (κ1) is 20.0. The van der Waals surface area contributed by atoms with Gasteiger partial charge >= 0.3 is 0 Å². The molecule has 1 fully saturated rings. The van der Waals surface area contributed by atoms with E-state index in [0.29, 0.717) is 22.8 Å². The van der Waals surface area contributed by atoms with Crippen LogP contribution >= 0.6 is 0 Å². The fourth-order valence-electron chi connectivity index (χ4n) is 4.65. The Bertz CT molecular complexity index is 588. The summed E-state index contributed by atoms with van der Waals surface area (Å²) in [6, 6.07) is 0.418. The molecule has 0 spiro atoms. The topological polar surface area (TPSA) is 12.2 Å². The lowest BCUT2D eigenvalue weighted by atomic mass is 9.63. The fourth-order valence-corrected chi connectivity index (χ4v) is 4.65. The molecule has 0 bridgehead atoms. The van der Waals surface area contributed by atoms with Crippen molar-refractivity contribution in [2.45, 2.75) is 73.8 Å². The number of allylic oxidation sites excluding steroid dienone is 6. The molecule has 1 unspecified atom stereocenters. The van der Waals surface area contributed by atoms with Crippen LogP contribution in [0.1, 0.15) is 67.7 Å². The smallest absolute Gasteiger partial charge is 0.223 e. The van der Waals surface area contributed by atoms with E-state index < -0.39 is 0 Å². The van der Waals surface area contributed by atoms with Crippen molar-refractivity contribution < 1.29 is 9.58 Å². The molecular formula is C23H38NO+. The average Bonchev–Trinajstić information content (AvgIpc) is 2.64. The monoisotopic (exact) mass is 344 g/mol. The van der Waals surface area contributed by atoms with Crippen molar-refractivity contribution in [1.29, 1.82) is 0 Å². The summed E-state index contributed by atoms with van der Waals surface area (Å²) < 4.78 is 2.09. The maximum Gasteiger partial charge on any atom is 0.223 e. The highest BCUT2D eigenvalue weighted by Crippen LogP contribution is 2.46. The van der Waals surface area contributed by atoms with Gasteiger partial charge in [0.1, 0.15) is 7.11 Å². The van der Waals surface area contributed by atoms with Crippen LogP contribution in [0.3, 0.4) is 0 Å². The molecule has 1 atom stereocenters. The van der Waals surface area contributed by atoms with Crippen molar-refractivity contribution in [3.05, 3.63) is 36.0 Å². The lowest BCUT2D eigenvalue weighted by Crippen LogP contribution is -2.42. The van der Waals surface area contributed by atoms with Crippen LogP contribution in [0, 0.1) is 22.2 Å². The first-order valence-electron chi connectivity index (χ1n) is 9.72. The van der Waals surface area contributed by atoms with Crippen LogP contribution in [0.25, 0.3) is 0 Å². The van der Waals surface area contributed by atoms with Crippen LogP contribution < -0.4 is 0 Å². The summed E-state index contributed by atoms with van der Waals surface area (Å²) >= 11 is 0. The zero-order valence-electron chi connectivity index (χ0n) is 17.6. The van der Waals surface area contributed by atoms with Crippen LogP contribution in [0.15, 0.2) is 36.0 Å². The molecule has 0 heterocycles. The predicted octanol–water partition coefficient (Wildman–Crippen LogP) is 5.95. The predicted molar refractivity (Wildman–Crippen MR) is 108 cm³/mol. The molecule has 2 heteroatoms. The van der Waals surface area contributed by atoms with E-state index in [9.17, 15) is 0 Å². The quantitative estimate of drug-likeness (QED) is 0.349. The zero-order valence-corrected chi connectivity index (χ0v) is 17.6. The highest BCUT2D eigenvalue weighted by Gasteiger charge is 2.44. The van der Waals surface area contributed by atoms with Crippen molar-refractivity contribution >= 4 is 6.21 Å². The molecule has 0 aromatic rings. The van der Waals surface area contributed by atoms with E-state index in [1.165, 1.54) is 12.0 Å². The lowest BCUT2D eigenvalue weighted by molar-refractivity contribution is -0.804. The van der Waals surface area contributed by atoms with Gasteiger partial charge in [-0.3, -0.25) is 4.84 Å². The number of hydroxylamine groups is 1. The minimum absolute atomic E-state index is 0.110. The Morgan fingerprint density at radius 3 is 2.20 bits per heavy atom. The fraction of sp³-hybridized carbons (Fsp3) is 0.696. The van der Waals surface area contributed by atoms with Gasteiger partial charge in [-0.1, -0.05) is 72.8 Å². The van der Waals surface area contributed by atoms with Crippen molar-refractivity contribution in [2.75, 3.05) is 7.11 Å². The van der Waals surface area contributed by atoms with Gasteiger partial charge in [0.2, 0.25) is 12.3 Å². The molecule has 0 radical (unpaired) electrons. The Labute approximate surface area is 155 Å². The SMILES string of the molecule is CO[N+](=CC1=CC=CC(C)(C(C)C)C=C1)C1CC(C)(C)CC(C)(C)C1. The Hall–Kier alpha value is -1.31. The first-order chi connectivity index (χ1) is 11.5. The Balaban J connectivity index is 2.26. The van der Waals surface area contributed by atoms with Crippen molar-refractivity contribution in [1.82, 2.24) is 0 Å². The maximum absolute atomic E-state index is 5.80. The van der Waals surface area contributed by atoms with Gasteiger partial charge in [-0.05, 0) is 34.0 Å². The first-order valence-corrected chi connectivity index (χ1v) is 9.72. The summed E-state index contributed by atoms with van der Waals surface area (Å²) in [6.07, 6.45) is 17.0. The number of rotatable bonds is 4. The van der Waals surface area contributed by atoms with Crippen LogP contribution in [-0.2, 0) is 4.84 Å². The Morgan fingerprint density at radius 2 is 1.68 bits per heavy atom.